The summed E-state index contributed by atoms with van der Waals surface area (Å²) in [6.45, 7) is 9.85. The highest BCUT2D eigenvalue weighted by molar-refractivity contribution is 7.48. The van der Waals surface area contributed by atoms with Gasteiger partial charge in [0.05, 0.1) is 23.4 Å². The minimum Gasteiger partial charge on any atom is -0.489 e. The maximum Gasteiger partial charge on any atom is 0.474 e. The molecule has 0 spiro atoms. The van der Waals surface area contributed by atoms with Crippen molar-refractivity contribution in [2.45, 2.75) is 46.1 Å². The van der Waals surface area contributed by atoms with Crippen LogP contribution < -0.4 is 4.74 Å². The molecule has 10 heteroatoms. The van der Waals surface area contributed by atoms with E-state index in [1.54, 1.807) is 18.2 Å². The second-order valence-corrected chi connectivity index (χ2v) is 12.3. The van der Waals surface area contributed by atoms with E-state index in [0.717, 1.165) is 28.2 Å². The molecule has 216 valence electrons. The molecule has 2 aromatic carbocycles. The molecular weight excluding hydrogens is 551 g/mol. The maximum atomic E-state index is 13.3. The summed E-state index contributed by atoms with van der Waals surface area (Å²) in [4.78, 5) is 18.0. The second kappa shape index (κ2) is 14.2. The zero-order chi connectivity index (χ0) is 29.4. The van der Waals surface area contributed by atoms with Crippen molar-refractivity contribution in [3.63, 3.8) is 0 Å². The van der Waals surface area contributed by atoms with Gasteiger partial charge in [-0.05, 0) is 68.9 Å². The molecule has 0 bridgehead atoms. The monoisotopic (exact) mass is 588 g/mol. The molecule has 0 fully saturated rings. The summed E-state index contributed by atoms with van der Waals surface area (Å²) >= 11 is 6.38. The second-order valence-electron chi connectivity index (χ2n) is 9.98. The first-order valence-corrected chi connectivity index (χ1v) is 14.9. The van der Waals surface area contributed by atoms with Crippen LogP contribution >= 0.6 is 19.4 Å². The van der Waals surface area contributed by atoms with Gasteiger partial charge >= 0.3 is 7.82 Å². The molecule has 1 aromatic heterocycles. The van der Waals surface area contributed by atoms with Crippen molar-refractivity contribution in [2.24, 2.45) is 13.0 Å². The van der Waals surface area contributed by atoms with Gasteiger partial charge in [-0.1, -0.05) is 42.4 Å². The van der Waals surface area contributed by atoms with Crippen molar-refractivity contribution in [3.05, 3.63) is 77.2 Å². The van der Waals surface area contributed by atoms with Crippen molar-refractivity contribution in [3.8, 4) is 17.0 Å². The average Bonchev–Trinajstić information content (AvgIpc) is 3.31. The number of benzene rings is 2. The zero-order valence-corrected chi connectivity index (χ0v) is 25.6. The number of hydrogen-bond donors (Lipinski definition) is 0. The lowest BCUT2D eigenvalue weighted by molar-refractivity contribution is 0.0949. The van der Waals surface area contributed by atoms with Gasteiger partial charge in [-0.15, -0.1) is 0 Å². The number of imidazole rings is 1. The van der Waals surface area contributed by atoms with E-state index in [0.29, 0.717) is 29.2 Å². The molecule has 0 N–H and O–H groups in total. The van der Waals surface area contributed by atoms with Crippen molar-refractivity contribution in [1.29, 1.82) is 0 Å². The van der Waals surface area contributed by atoms with Crippen LogP contribution in [0.25, 0.3) is 16.8 Å². The summed E-state index contributed by atoms with van der Waals surface area (Å²) < 4.78 is 35.1. The Morgan fingerprint density at radius 2 is 1.80 bits per heavy atom. The topological polar surface area (TPSA) is 88.9 Å². The molecule has 0 aliphatic carbocycles. The van der Waals surface area contributed by atoms with Crippen LogP contribution in [0.1, 0.15) is 55.4 Å². The van der Waals surface area contributed by atoms with Gasteiger partial charge in [-0.25, -0.2) is 9.55 Å². The third-order valence-corrected chi connectivity index (χ3v) is 8.03. The number of aryl methyl sites for hydroxylation is 1. The van der Waals surface area contributed by atoms with Gasteiger partial charge in [0.1, 0.15) is 11.6 Å². The predicted octanol–water partition coefficient (Wildman–Crippen LogP) is 7.80. The van der Waals surface area contributed by atoms with Gasteiger partial charge in [0.2, 0.25) is 0 Å². The average molecular weight is 589 g/mol. The molecule has 0 radical (unpaired) electrons. The van der Waals surface area contributed by atoms with Crippen LogP contribution in [0.5, 0.6) is 5.75 Å². The number of allylic oxidation sites excluding steroid dienone is 1. The Bertz CT molecular complexity index is 1360. The van der Waals surface area contributed by atoms with E-state index in [4.69, 9.17) is 29.9 Å². The molecule has 0 unspecified atom stereocenters. The highest BCUT2D eigenvalue weighted by atomic mass is 35.5. The number of nitrogens with zero attached hydrogens (tertiary/aromatic N) is 2. The van der Waals surface area contributed by atoms with Gasteiger partial charge in [0.25, 0.3) is 0 Å². The largest absolute Gasteiger partial charge is 0.489 e. The summed E-state index contributed by atoms with van der Waals surface area (Å²) in [5.41, 5.74) is 4.31. The Hall–Kier alpha value is -2.74. The number of Topliss-reactive ketones (excluding diaryl/α,β-unsaturated/α-hetero) is 1. The maximum absolute atomic E-state index is 13.3. The number of carbonyl (C=O) groups excluding carboxylic acids is 1. The Balaban J connectivity index is 1.76. The van der Waals surface area contributed by atoms with E-state index in [1.807, 2.05) is 62.8 Å². The van der Waals surface area contributed by atoms with Crippen LogP contribution in [-0.4, -0.2) is 42.3 Å². The Kier molecular flexibility index (Phi) is 11.3. The first-order valence-electron chi connectivity index (χ1n) is 13.1. The number of carbonyl (C=O) groups is 1. The summed E-state index contributed by atoms with van der Waals surface area (Å²) in [6.07, 6.45) is 3.27. The predicted molar refractivity (Wildman–Crippen MR) is 159 cm³/mol. The molecule has 3 aromatic rings. The van der Waals surface area contributed by atoms with E-state index in [9.17, 15) is 9.36 Å². The van der Waals surface area contributed by atoms with Crippen LogP contribution in [-0.2, 0) is 31.6 Å². The number of rotatable bonds is 15. The van der Waals surface area contributed by atoms with Crippen LogP contribution in [0.2, 0.25) is 5.02 Å². The fourth-order valence-corrected chi connectivity index (χ4v) is 5.25. The number of phosphoric ester groups is 1. The lowest BCUT2D eigenvalue weighted by atomic mass is 9.89. The minimum absolute atomic E-state index is 0.0316. The fraction of sp³-hybridized carbons (Fsp3) is 0.400. The highest BCUT2D eigenvalue weighted by Gasteiger charge is 2.24. The van der Waals surface area contributed by atoms with Crippen molar-refractivity contribution in [1.82, 2.24) is 9.55 Å². The molecular formula is C30H38ClN2O6P. The van der Waals surface area contributed by atoms with Crippen LogP contribution in [0.4, 0.5) is 0 Å². The number of ketones is 1. The van der Waals surface area contributed by atoms with Crippen molar-refractivity contribution >= 4 is 30.8 Å². The van der Waals surface area contributed by atoms with Gasteiger partial charge in [0.15, 0.2) is 5.78 Å². The fourth-order valence-electron chi connectivity index (χ4n) is 4.34. The summed E-state index contributed by atoms with van der Waals surface area (Å²) in [7, 11) is 0.866. The number of ether oxygens (including phenoxy) is 1. The van der Waals surface area contributed by atoms with Crippen molar-refractivity contribution in [2.75, 3.05) is 20.8 Å². The molecule has 0 saturated heterocycles. The van der Waals surface area contributed by atoms with Gasteiger partial charge in [0, 0.05) is 45.0 Å². The molecule has 40 heavy (non-hydrogen) atoms. The van der Waals surface area contributed by atoms with E-state index < -0.39 is 7.82 Å². The van der Waals surface area contributed by atoms with Crippen LogP contribution in [0, 0.1) is 5.92 Å². The van der Waals surface area contributed by atoms with E-state index in [2.05, 4.69) is 11.6 Å². The smallest absolute Gasteiger partial charge is 0.474 e. The summed E-state index contributed by atoms with van der Waals surface area (Å²) in [6, 6.07) is 13.2. The normalized spacial score (nSPS) is 12.5. The molecule has 0 aliphatic rings. The number of halogens is 1. The lowest BCUT2D eigenvalue weighted by Gasteiger charge is -2.19. The third kappa shape index (κ3) is 8.63. The molecule has 0 saturated carbocycles. The number of hydrogen-bond acceptors (Lipinski definition) is 7. The van der Waals surface area contributed by atoms with E-state index in [-0.39, 0.29) is 30.8 Å². The zero-order valence-electron chi connectivity index (χ0n) is 24.0. The third-order valence-electron chi connectivity index (χ3n) is 6.35. The molecule has 1 heterocycles. The van der Waals surface area contributed by atoms with Gasteiger partial charge < -0.3 is 9.30 Å². The van der Waals surface area contributed by atoms with E-state index >= 15 is 0 Å². The molecule has 3 rings (SSSR count). The van der Waals surface area contributed by atoms with Crippen molar-refractivity contribution < 1.29 is 27.7 Å². The molecule has 0 aliphatic heterocycles. The summed E-state index contributed by atoms with van der Waals surface area (Å²) in [5, 5.41) is 0.389. The quantitative estimate of drug-likeness (QED) is 0.132. The summed E-state index contributed by atoms with van der Waals surface area (Å²) in [5.74, 6) is 1.22. The highest BCUT2D eigenvalue weighted by Crippen LogP contribution is 2.47. The van der Waals surface area contributed by atoms with Gasteiger partial charge in [-0.3, -0.25) is 18.4 Å². The Morgan fingerprint density at radius 1 is 1.12 bits per heavy atom. The first-order chi connectivity index (χ1) is 18.9. The SMILES string of the molecule is C=C(C)c1nc(-c2ccc(C[C@@H](CCOP(=O)(OC)OC)CC(=O)c3ccc(OC(C)C)c(Cl)c3)cc2)cn1C. The molecule has 8 nitrogen and oxygen atoms in total. The number of phosphoric acid groups is 1. The molecule has 1 atom stereocenters. The Labute approximate surface area is 241 Å². The first kappa shape index (κ1) is 31.8. The van der Waals surface area contributed by atoms with Crippen LogP contribution in [0.15, 0.2) is 55.2 Å². The lowest BCUT2D eigenvalue weighted by Crippen LogP contribution is -2.14. The molecule has 0 amide bonds. The Morgan fingerprint density at radius 3 is 2.35 bits per heavy atom. The standard InChI is InChI=1S/C30H38ClN2O6P/c1-20(2)30-32-27(19-33(30)5)24-10-8-22(9-11-24)16-23(14-15-38-40(35,36-6)37-7)17-28(34)25-12-13-29(26(31)18-25)39-21(3)4/h8-13,18-19,21,23H,1,14-17H2,2-7H3/t23-/m1/s1. The number of aromatic nitrogens is 2. The van der Waals surface area contributed by atoms with E-state index in [1.165, 1.54) is 14.2 Å². The van der Waals surface area contributed by atoms with Crippen LogP contribution in [0.3, 0.4) is 0 Å². The minimum atomic E-state index is -3.62. The van der Waals surface area contributed by atoms with Gasteiger partial charge in [-0.2, -0.15) is 0 Å².